The van der Waals surface area contributed by atoms with Crippen molar-refractivity contribution >= 4 is 33.7 Å². The van der Waals surface area contributed by atoms with Gasteiger partial charge >= 0.3 is 0 Å². The number of hydrogen-bond donors (Lipinski definition) is 1. The molecule has 130 valence electrons. The van der Waals surface area contributed by atoms with Gasteiger partial charge in [-0.25, -0.2) is 4.39 Å². The Hall–Kier alpha value is -1.71. The molecule has 1 N–H and O–H groups in total. The third-order valence-corrected chi connectivity index (χ3v) is 4.37. The van der Waals surface area contributed by atoms with Crippen LogP contribution in [0, 0.1) is 11.6 Å². The maximum atomic E-state index is 14.2. The molecule has 1 fully saturated rings. The largest absolute Gasteiger partial charge is 0.366 e. The van der Waals surface area contributed by atoms with E-state index >= 15 is 0 Å². The van der Waals surface area contributed by atoms with Gasteiger partial charge in [-0.15, -0.1) is 0 Å². The van der Waals surface area contributed by atoms with Crippen LogP contribution >= 0.6 is 11.8 Å². The molecule has 24 heavy (non-hydrogen) atoms. The van der Waals surface area contributed by atoms with Crippen molar-refractivity contribution in [3.8, 4) is 0 Å². The van der Waals surface area contributed by atoms with Crippen LogP contribution in [0.5, 0.6) is 0 Å². The summed E-state index contributed by atoms with van der Waals surface area (Å²) >= 11 is 1.18. The highest BCUT2D eigenvalue weighted by Gasteiger charge is 2.28. The second kappa shape index (κ2) is 7.04. The van der Waals surface area contributed by atoms with Gasteiger partial charge in [0.05, 0.1) is 18.6 Å². The topological polar surface area (TPSA) is 73.6 Å². The number of anilines is 1. The normalized spacial score (nSPS) is 16.7. The van der Waals surface area contributed by atoms with Crippen molar-refractivity contribution in [2.24, 2.45) is 0 Å². The molecule has 0 saturated carbocycles. The quantitative estimate of drug-likeness (QED) is 0.879. The van der Waals surface area contributed by atoms with Crippen molar-refractivity contribution in [3.05, 3.63) is 23.3 Å². The van der Waals surface area contributed by atoms with Crippen LogP contribution in [0.2, 0.25) is 0 Å². The average molecular weight is 358 g/mol. The molecule has 2 aromatic rings. The van der Waals surface area contributed by atoms with Crippen molar-refractivity contribution in [1.82, 2.24) is 5.16 Å². The smallest absolute Gasteiger partial charge is 0.207 e. The van der Waals surface area contributed by atoms with Crippen molar-refractivity contribution < 1.29 is 27.6 Å². The van der Waals surface area contributed by atoms with Crippen LogP contribution < -0.4 is 5.32 Å². The molecule has 0 radical (unpaired) electrons. The van der Waals surface area contributed by atoms with E-state index in [4.69, 9.17) is 14.0 Å². The fourth-order valence-electron chi connectivity index (χ4n) is 2.44. The van der Waals surface area contributed by atoms with Crippen molar-refractivity contribution in [3.63, 3.8) is 0 Å². The van der Waals surface area contributed by atoms with Gasteiger partial charge in [-0.05, 0) is 6.07 Å². The van der Waals surface area contributed by atoms with E-state index in [1.165, 1.54) is 24.8 Å². The van der Waals surface area contributed by atoms with Gasteiger partial charge in [-0.2, -0.15) is 4.39 Å². The van der Waals surface area contributed by atoms with E-state index in [9.17, 15) is 13.6 Å². The molecule has 2 heterocycles. The standard InChI is InChI=1S/C15H16F2N2O4S/c1-7(24-8(2)20)6-18-14-10-5-9(15-21-3-4-22-15)11(16)12(17)13(10)23-19-14/h5,7,15H,3-4,6H2,1-2H3,(H,18,19). The minimum Gasteiger partial charge on any atom is -0.366 e. The van der Waals surface area contributed by atoms with Gasteiger partial charge in [0.25, 0.3) is 0 Å². The number of nitrogens with one attached hydrogen (secondary N) is 1. The Balaban J connectivity index is 1.88. The molecule has 0 bridgehead atoms. The summed E-state index contributed by atoms with van der Waals surface area (Å²) < 4.78 is 43.8. The second-order valence-electron chi connectivity index (χ2n) is 5.38. The van der Waals surface area contributed by atoms with Crippen LogP contribution in [-0.2, 0) is 14.3 Å². The second-order valence-corrected chi connectivity index (χ2v) is 6.99. The predicted molar refractivity (Wildman–Crippen MR) is 84.8 cm³/mol. The number of ether oxygens (including phenoxy) is 2. The Labute approximate surface area is 140 Å². The number of carbonyl (C=O) groups excluding carboxylic acids is 1. The Morgan fingerprint density at radius 2 is 2.12 bits per heavy atom. The van der Waals surface area contributed by atoms with E-state index in [0.29, 0.717) is 25.1 Å². The first kappa shape index (κ1) is 17.1. The predicted octanol–water partition coefficient (Wildman–Crippen LogP) is 3.23. The van der Waals surface area contributed by atoms with E-state index < -0.39 is 17.9 Å². The van der Waals surface area contributed by atoms with E-state index in [2.05, 4.69) is 10.5 Å². The molecule has 1 atom stereocenters. The van der Waals surface area contributed by atoms with Crippen LogP contribution in [0.3, 0.4) is 0 Å². The summed E-state index contributed by atoms with van der Waals surface area (Å²) in [6, 6.07) is 1.41. The Morgan fingerprint density at radius 1 is 1.42 bits per heavy atom. The van der Waals surface area contributed by atoms with Crippen molar-refractivity contribution in [1.29, 1.82) is 0 Å². The van der Waals surface area contributed by atoms with Gasteiger partial charge in [0, 0.05) is 24.3 Å². The van der Waals surface area contributed by atoms with Gasteiger partial charge in [0.15, 0.2) is 23.0 Å². The molecule has 1 aromatic carbocycles. The van der Waals surface area contributed by atoms with Gasteiger partial charge < -0.3 is 19.3 Å². The van der Waals surface area contributed by atoms with Crippen LogP contribution in [-0.4, -0.2) is 35.3 Å². The van der Waals surface area contributed by atoms with Crippen LogP contribution in [0.1, 0.15) is 25.7 Å². The number of fused-ring (bicyclic) bond motifs is 1. The molecule has 1 aromatic heterocycles. The number of carbonyl (C=O) groups is 1. The third kappa shape index (κ3) is 3.38. The number of halogens is 2. The number of rotatable bonds is 5. The minimum atomic E-state index is -1.13. The highest BCUT2D eigenvalue weighted by atomic mass is 32.2. The lowest BCUT2D eigenvalue weighted by Crippen LogP contribution is -2.15. The van der Waals surface area contributed by atoms with Gasteiger partial charge in [0.1, 0.15) is 0 Å². The zero-order valence-corrected chi connectivity index (χ0v) is 13.9. The summed E-state index contributed by atoms with van der Waals surface area (Å²) in [6.45, 7) is 4.40. The summed E-state index contributed by atoms with van der Waals surface area (Å²) in [5.41, 5.74) is -0.307. The maximum absolute atomic E-state index is 14.2. The van der Waals surface area contributed by atoms with E-state index in [1.807, 2.05) is 6.92 Å². The highest BCUT2D eigenvalue weighted by Crippen LogP contribution is 2.34. The first-order chi connectivity index (χ1) is 11.5. The molecule has 1 unspecified atom stereocenters. The first-order valence-electron chi connectivity index (χ1n) is 7.39. The molecule has 0 aliphatic carbocycles. The minimum absolute atomic E-state index is 0.000226. The molecule has 6 nitrogen and oxygen atoms in total. The summed E-state index contributed by atoms with van der Waals surface area (Å²) in [7, 11) is 0. The zero-order chi connectivity index (χ0) is 17.3. The molecular weight excluding hydrogens is 342 g/mol. The fourth-order valence-corrected chi connectivity index (χ4v) is 3.17. The van der Waals surface area contributed by atoms with Crippen LogP contribution in [0.4, 0.5) is 14.6 Å². The van der Waals surface area contributed by atoms with Gasteiger partial charge in [0.2, 0.25) is 11.4 Å². The number of benzene rings is 1. The summed E-state index contributed by atoms with van der Waals surface area (Å²) in [5, 5.41) is 7.02. The Kier molecular flexibility index (Phi) is 5.02. The van der Waals surface area contributed by atoms with Crippen LogP contribution in [0.25, 0.3) is 11.0 Å². The Bertz CT molecular complexity index is 762. The van der Waals surface area contributed by atoms with Gasteiger partial charge in [-0.1, -0.05) is 23.8 Å². The molecule has 9 heteroatoms. The maximum Gasteiger partial charge on any atom is 0.207 e. The molecular formula is C15H16F2N2O4S. The third-order valence-electron chi connectivity index (χ3n) is 3.47. The van der Waals surface area contributed by atoms with Crippen molar-refractivity contribution in [2.75, 3.05) is 25.1 Å². The summed E-state index contributed by atoms with van der Waals surface area (Å²) in [6.07, 6.45) is -0.946. The SMILES string of the molecule is CC(=O)SC(C)CNc1noc2c(F)c(F)c(C3OCCO3)cc12. The number of nitrogens with zero attached hydrogens (tertiary/aromatic N) is 1. The molecule has 1 saturated heterocycles. The molecule has 3 rings (SSSR count). The van der Waals surface area contributed by atoms with Crippen LogP contribution in [0.15, 0.2) is 10.6 Å². The van der Waals surface area contributed by atoms with E-state index in [-0.39, 0.29) is 27.3 Å². The fraction of sp³-hybridized carbons (Fsp3) is 0.467. The number of thioether (sulfide) groups is 1. The summed E-state index contributed by atoms with van der Waals surface area (Å²) in [5.74, 6) is -1.93. The molecule has 1 aliphatic heterocycles. The van der Waals surface area contributed by atoms with E-state index in [1.54, 1.807) is 0 Å². The molecule has 0 spiro atoms. The lowest BCUT2D eigenvalue weighted by molar-refractivity contribution is -0.109. The lowest BCUT2D eigenvalue weighted by atomic mass is 10.1. The first-order valence-corrected chi connectivity index (χ1v) is 8.27. The average Bonchev–Trinajstić information content (AvgIpc) is 3.17. The number of hydrogen-bond acceptors (Lipinski definition) is 7. The van der Waals surface area contributed by atoms with E-state index in [0.717, 1.165) is 0 Å². The summed E-state index contributed by atoms with van der Waals surface area (Å²) in [4.78, 5) is 11.1. The highest BCUT2D eigenvalue weighted by molar-refractivity contribution is 8.14. The van der Waals surface area contributed by atoms with Crippen molar-refractivity contribution in [2.45, 2.75) is 25.4 Å². The van der Waals surface area contributed by atoms with Gasteiger partial charge in [-0.3, -0.25) is 4.79 Å². The molecule has 1 aliphatic rings. The zero-order valence-electron chi connectivity index (χ0n) is 13.1. The Morgan fingerprint density at radius 3 is 2.79 bits per heavy atom. The number of aromatic nitrogens is 1. The monoisotopic (exact) mass is 358 g/mol. The molecule has 0 amide bonds. The lowest BCUT2D eigenvalue weighted by Gasteiger charge is -2.12.